The highest BCUT2D eigenvalue weighted by atomic mass is 16.2. The number of unbranched alkanes of at least 4 members (excludes halogenated alkanes) is 3. The normalized spacial score (nSPS) is 11.7. The Labute approximate surface area is 135 Å². The Morgan fingerprint density at radius 3 is 1.23 bits per heavy atom. The van der Waals surface area contributed by atoms with Crippen molar-refractivity contribution in [3.8, 4) is 0 Å². The van der Waals surface area contributed by atoms with Crippen LogP contribution in [0.3, 0.4) is 0 Å². The Morgan fingerprint density at radius 2 is 0.955 bits per heavy atom. The fraction of sp³-hybridized carbons (Fsp3) is 0.875. The van der Waals surface area contributed by atoms with Crippen molar-refractivity contribution in [1.29, 1.82) is 0 Å². The van der Waals surface area contributed by atoms with Gasteiger partial charge in [-0.2, -0.15) is 0 Å². The number of urea groups is 2. The zero-order chi connectivity index (χ0) is 17.2. The Balaban J connectivity index is 3.45. The molecule has 6 nitrogen and oxygen atoms in total. The van der Waals surface area contributed by atoms with E-state index in [2.05, 4.69) is 21.3 Å². The highest BCUT2D eigenvalue weighted by Gasteiger charge is 2.13. The van der Waals surface area contributed by atoms with Crippen molar-refractivity contribution in [2.45, 2.75) is 78.3 Å². The van der Waals surface area contributed by atoms with Gasteiger partial charge < -0.3 is 21.3 Å². The summed E-state index contributed by atoms with van der Waals surface area (Å²) in [6.45, 7) is 13.1. The van der Waals surface area contributed by atoms with E-state index in [1.54, 1.807) is 0 Å². The lowest BCUT2D eigenvalue weighted by atomic mass is 10.1. The Kier molecular flexibility index (Phi) is 8.90. The maximum absolute atomic E-state index is 11.5. The predicted octanol–water partition coefficient (Wildman–Crippen LogP) is 2.74. The van der Waals surface area contributed by atoms with E-state index in [0.717, 1.165) is 25.7 Å². The molecule has 0 saturated heterocycles. The van der Waals surface area contributed by atoms with E-state index in [9.17, 15) is 9.59 Å². The van der Waals surface area contributed by atoms with E-state index in [1.165, 1.54) is 0 Å². The fourth-order valence-corrected chi connectivity index (χ4v) is 1.78. The molecule has 0 heterocycles. The average Bonchev–Trinajstić information content (AvgIpc) is 2.27. The summed E-state index contributed by atoms with van der Waals surface area (Å²) in [7, 11) is 0. The van der Waals surface area contributed by atoms with Gasteiger partial charge >= 0.3 is 12.1 Å². The van der Waals surface area contributed by atoms with Crippen LogP contribution in [0.25, 0.3) is 0 Å². The molecule has 4 amide bonds. The Morgan fingerprint density at radius 1 is 0.636 bits per heavy atom. The predicted molar refractivity (Wildman–Crippen MR) is 91.0 cm³/mol. The fourth-order valence-electron chi connectivity index (χ4n) is 1.78. The van der Waals surface area contributed by atoms with Gasteiger partial charge in [0.15, 0.2) is 0 Å². The van der Waals surface area contributed by atoms with E-state index in [0.29, 0.717) is 13.1 Å². The second-order valence-electron chi connectivity index (χ2n) is 7.68. The maximum Gasteiger partial charge on any atom is 0.315 e. The van der Waals surface area contributed by atoms with Crippen molar-refractivity contribution in [2.75, 3.05) is 13.1 Å². The highest BCUT2D eigenvalue weighted by molar-refractivity contribution is 5.74. The highest BCUT2D eigenvalue weighted by Crippen LogP contribution is 2.00. The molecule has 0 saturated carbocycles. The Hall–Kier alpha value is -1.46. The number of rotatable bonds is 7. The SMILES string of the molecule is CC(C)(C)NC(=O)NCCCCCCNC(=O)NC(C)(C)C. The molecule has 0 atom stereocenters. The molecule has 0 unspecified atom stereocenters. The minimum Gasteiger partial charge on any atom is -0.338 e. The molecule has 0 aliphatic rings. The number of amides is 4. The minimum absolute atomic E-state index is 0.118. The third-order valence-corrected chi connectivity index (χ3v) is 2.65. The van der Waals surface area contributed by atoms with Crippen LogP contribution in [0, 0.1) is 0 Å². The minimum atomic E-state index is -0.205. The van der Waals surface area contributed by atoms with Crippen molar-refractivity contribution >= 4 is 12.1 Å². The molecular weight excluding hydrogens is 280 g/mol. The molecule has 4 N–H and O–H groups in total. The van der Waals surface area contributed by atoms with Crippen LogP contribution in [-0.2, 0) is 0 Å². The summed E-state index contributed by atoms with van der Waals surface area (Å²) in [6.07, 6.45) is 3.98. The van der Waals surface area contributed by atoms with E-state index in [1.807, 2.05) is 41.5 Å². The van der Waals surface area contributed by atoms with Crippen molar-refractivity contribution < 1.29 is 9.59 Å². The molecule has 0 fully saturated rings. The summed E-state index contributed by atoms with van der Waals surface area (Å²) in [5, 5.41) is 11.4. The van der Waals surface area contributed by atoms with Crippen LogP contribution >= 0.6 is 0 Å². The number of nitrogens with one attached hydrogen (secondary N) is 4. The molecule has 130 valence electrons. The molecule has 0 aliphatic carbocycles. The topological polar surface area (TPSA) is 82.3 Å². The number of carbonyl (C=O) groups is 2. The second kappa shape index (κ2) is 9.54. The van der Waals surface area contributed by atoms with Gasteiger partial charge in [0, 0.05) is 24.2 Å². The monoisotopic (exact) mass is 314 g/mol. The van der Waals surface area contributed by atoms with Gasteiger partial charge in [-0.15, -0.1) is 0 Å². The smallest absolute Gasteiger partial charge is 0.315 e. The summed E-state index contributed by atoms with van der Waals surface area (Å²) < 4.78 is 0. The molecule has 0 aromatic carbocycles. The number of hydrogen-bond donors (Lipinski definition) is 4. The molecule has 0 aromatic heterocycles. The van der Waals surface area contributed by atoms with Crippen LogP contribution in [0.2, 0.25) is 0 Å². The van der Waals surface area contributed by atoms with Crippen LogP contribution in [0.15, 0.2) is 0 Å². The van der Waals surface area contributed by atoms with Crippen molar-refractivity contribution in [2.24, 2.45) is 0 Å². The van der Waals surface area contributed by atoms with Crippen molar-refractivity contribution in [3.63, 3.8) is 0 Å². The van der Waals surface area contributed by atoms with Crippen LogP contribution in [0.4, 0.5) is 9.59 Å². The third-order valence-electron chi connectivity index (χ3n) is 2.65. The molecule has 0 rings (SSSR count). The van der Waals surface area contributed by atoms with Crippen LogP contribution in [-0.4, -0.2) is 36.2 Å². The summed E-state index contributed by atoms with van der Waals surface area (Å²) in [5.41, 5.74) is -0.410. The van der Waals surface area contributed by atoms with Crippen LogP contribution in [0.1, 0.15) is 67.2 Å². The van der Waals surface area contributed by atoms with Gasteiger partial charge in [-0.25, -0.2) is 9.59 Å². The lowest BCUT2D eigenvalue weighted by Crippen LogP contribution is -2.46. The standard InChI is InChI=1S/C16H34N4O2/c1-15(2,3)19-13(21)17-11-9-7-8-10-12-18-14(22)20-16(4,5)6/h7-12H2,1-6H3,(H2,17,19,21)(H2,18,20,22). The van der Waals surface area contributed by atoms with Gasteiger partial charge in [0.25, 0.3) is 0 Å². The average molecular weight is 314 g/mol. The first-order valence-corrected chi connectivity index (χ1v) is 8.12. The zero-order valence-corrected chi connectivity index (χ0v) is 15.1. The van der Waals surface area contributed by atoms with E-state index >= 15 is 0 Å². The maximum atomic E-state index is 11.5. The molecule has 0 spiro atoms. The summed E-state index contributed by atoms with van der Waals surface area (Å²) in [4.78, 5) is 23.0. The summed E-state index contributed by atoms with van der Waals surface area (Å²) >= 11 is 0. The van der Waals surface area contributed by atoms with Gasteiger partial charge in [0.1, 0.15) is 0 Å². The van der Waals surface area contributed by atoms with E-state index in [4.69, 9.17) is 0 Å². The number of hydrogen-bond acceptors (Lipinski definition) is 2. The second-order valence-corrected chi connectivity index (χ2v) is 7.68. The summed E-state index contributed by atoms with van der Waals surface area (Å²) in [6, 6.07) is -0.235. The number of carbonyl (C=O) groups excluding carboxylic acids is 2. The van der Waals surface area contributed by atoms with Crippen LogP contribution < -0.4 is 21.3 Å². The third kappa shape index (κ3) is 14.9. The van der Waals surface area contributed by atoms with Crippen LogP contribution in [0.5, 0.6) is 0 Å². The van der Waals surface area contributed by atoms with E-state index in [-0.39, 0.29) is 23.1 Å². The molecule has 0 aliphatic heterocycles. The van der Waals surface area contributed by atoms with Crippen molar-refractivity contribution in [3.05, 3.63) is 0 Å². The largest absolute Gasteiger partial charge is 0.338 e. The van der Waals surface area contributed by atoms with Gasteiger partial charge in [0.2, 0.25) is 0 Å². The molecule has 22 heavy (non-hydrogen) atoms. The first kappa shape index (κ1) is 20.5. The van der Waals surface area contributed by atoms with E-state index < -0.39 is 0 Å². The summed E-state index contributed by atoms with van der Waals surface area (Å²) in [5.74, 6) is 0. The quantitative estimate of drug-likeness (QED) is 0.545. The molecule has 0 bridgehead atoms. The van der Waals surface area contributed by atoms with Crippen molar-refractivity contribution in [1.82, 2.24) is 21.3 Å². The van der Waals surface area contributed by atoms with Gasteiger partial charge in [-0.05, 0) is 54.4 Å². The molecule has 0 aromatic rings. The molecular formula is C16H34N4O2. The first-order chi connectivity index (χ1) is 9.99. The lowest BCUT2D eigenvalue weighted by Gasteiger charge is -2.21. The zero-order valence-electron chi connectivity index (χ0n) is 15.1. The van der Waals surface area contributed by atoms with Gasteiger partial charge in [0.05, 0.1) is 0 Å². The van der Waals surface area contributed by atoms with Gasteiger partial charge in [-0.1, -0.05) is 12.8 Å². The first-order valence-electron chi connectivity index (χ1n) is 8.12. The molecule has 6 heteroatoms. The Bertz CT molecular complexity index is 309. The van der Waals surface area contributed by atoms with Gasteiger partial charge in [-0.3, -0.25) is 0 Å². The molecule has 0 radical (unpaired) electrons. The lowest BCUT2D eigenvalue weighted by molar-refractivity contribution is 0.230.